The number of hydrogen-bond acceptors (Lipinski definition) is 7. The molecular weight excluding hydrogens is 418 g/mol. The lowest BCUT2D eigenvalue weighted by Gasteiger charge is -2.32. The molecule has 1 amide bonds. The first-order valence-corrected chi connectivity index (χ1v) is 11.5. The molecule has 0 aliphatic carbocycles. The summed E-state index contributed by atoms with van der Waals surface area (Å²) in [4.78, 5) is 24.1. The lowest BCUT2D eigenvalue weighted by Crippen LogP contribution is -2.42. The lowest BCUT2D eigenvalue weighted by molar-refractivity contribution is -0.136. The van der Waals surface area contributed by atoms with Gasteiger partial charge < -0.3 is 24.0 Å². The third-order valence-electron chi connectivity index (χ3n) is 6.59. The molecule has 1 atom stereocenters. The van der Waals surface area contributed by atoms with E-state index in [1.165, 1.54) is 0 Å². The van der Waals surface area contributed by atoms with Gasteiger partial charge in [0.2, 0.25) is 11.8 Å². The molecule has 31 heavy (non-hydrogen) atoms. The van der Waals surface area contributed by atoms with E-state index < -0.39 is 0 Å². The molecule has 0 spiro atoms. The van der Waals surface area contributed by atoms with Crippen LogP contribution in [0.15, 0.2) is 28.8 Å². The topological polar surface area (TPSA) is 74.9 Å². The van der Waals surface area contributed by atoms with Gasteiger partial charge in [-0.15, -0.1) is 0 Å². The summed E-state index contributed by atoms with van der Waals surface area (Å²) >= 11 is 6.13. The Morgan fingerprint density at radius 3 is 2.61 bits per heavy atom. The number of likely N-dealkylation sites (tertiary alicyclic amines) is 1. The highest BCUT2D eigenvalue weighted by atomic mass is 35.5. The van der Waals surface area contributed by atoms with Crippen LogP contribution in [0.2, 0.25) is 5.02 Å². The van der Waals surface area contributed by atoms with Crippen LogP contribution < -0.4 is 9.80 Å². The van der Waals surface area contributed by atoms with Crippen LogP contribution in [0.4, 0.5) is 11.6 Å². The average molecular weight is 446 g/mol. The van der Waals surface area contributed by atoms with E-state index in [-0.39, 0.29) is 17.7 Å². The van der Waals surface area contributed by atoms with Crippen LogP contribution in [-0.2, 0) is 9.53 Å². The van der Waals surface area contributed by atoms with E-state index in [0.717, 1.165) is 69.2 Å². The number of benzene rings is 1. The molecule has 2 aromatic rings. The van der Waals surface area contributed by atoms with E-state index in [1.54, 1.807) is 0 Å². The second-order valence-electron chi connectivity index (χ2n) is 8.54. The Hall–Kier alpha value is -2.32. The number of carbonyl (C=O) groups is 1. The Morgan fingerprint density at radius 2 is 1.84 bits per heavy atom. The number of hydrogen-bond donors (Lipinski definition) is 0. The fraction of sp³-hybridized carbons (Fsp3) is 0.591. The third-order valence-corrected chi connectivity index (χ3v) is 6.83. The molecule has 8 nitrogen and oxygen atoms in total. The number of halogens is 1. The van der Waals surface area contributed by atoms with Crippen molar-refractivity contribution in [3.8, 4) is 0 Å². The number of morpholine rings is 1. The maximum Gasteiger partial charge on any atom is 0.266 e. The van der Waals surface area contributed by atoms with Gasteiger partial charge >= 0.3 is 0 Å². The van der Waals surface area contributed by atoms with Gasteiger partial charge in [-0.1, -0.05) is 17.7 Å². The molecule has 166 valence electrons. The van der Waals surface area contributed by atoms with Gasteiger partial charge in [0, 0.05) is 55.9 Å². The van der Waals surface area contributed by atoms with Gasteiger partial charge in [0.05, 0.1) is 19.1 Å². The normalized spacial score (nSPS) is 22.9. The van der Waals surface area contributed by atoms with Gasteiger partial charge in [0.1, 0.15) is 0 Å². The SMILES string of the molecule is O=C(C1CCN(c2cccc(Cl)c2)C1)N1CCC(c2nc(N3CCOCC3)no2)CC1. The molecule has 5 rings (SSSR count). The van der Waals surface area contributed by atoms with E-state index in [9.17, 15) is 4.79 Å². The highest BCUT2D eigenvalue weighted by Gasteiger charge is 2.34. The van der Waals surface area contributed by atoms with Gasteiger partial charge in [0.25, 0.3) is 5.95 Å². The number of aromatic nitrogens is 2. The molecule has 3 saturated heterocycles. The minimum Gasteiger partial charge on any atom is -0.378 e. The zero-order valence-corrected chi connectivity index (χ0v) is 18.3. The van der Waals surface area contributed by atoms with Crippen LogP contribution in [0.1, 0.15) is 31.1 Å². The van der Waals surface area contributed by atoms with Gasteiger partial charge in [-0.3, -0.25) is 4.79 Å². The fourth-order valence-corrected chi connectivity index (χ4v) is 4.94. The molecule has 3 fully saturated rings. The molecule has 0 radical (unpaired) electrons. The molecule has 3 aliphatic rings. The van der Waals surface area contributed by atoms with E-state index in [2.05, 4.69) is 26.0 Å². The number of rotatable bonds is 4. The Labute approximate surface area is 187 Å². The van der Waals surface area contributed by atoms with Crippen LogP contribution in [-0.4, -0.2) is 73.4 Å². The first kappa shape index (κ1) is 20.6. The van der Waals surface area contributed by atoms with Crippen molar-refractivity contribution in [2.75, 3.05) is 62.3 Å². The zero-order chi connectivity index (χ0) is 21.2. The predicted molar refractivity (Wildman–Crippen MR) is 118 cm³/mol. The summed E-state index contributed by atoms with van der Waals surface area (Å²) < 4.78 is 10.9. The van der Waals surface area contributed by atoms with E-state index >= 15 is 0 Å². The summed E-state index contributed by atoms with van der Waals surface area (Å²) in [6.07, 6.45) is 2.61. The molecule has 0 N–H and O–H groups in total. The van der Waals surface area contributed by atoms with Crippen molar-refractivity contribution in [3.05, 3.63) is 35.2 Å². The predicted octanol–water partition coefficient (Wildman–Crippen LogP) is 2.79. The summed E-state index contributed by atoms with van der Waals surface area (Å²) in [5, 5.41) is 4.89. The monoisotopic (exact) mass is 445 g/mol. The Bertz CT molecular complexity index is 908. The van der Waals surface area contributed by atoms with Crippen LogP contribution in [0.3, 0.4) is 0 Å². The van der Waals surface area contributed by atoms with Crippen LogP contribution in [0, 0.1) is 5.92 Å². The smallest absolute Gasteiger partial charge is 0.266 e. The third kappa shape index (κ3) is 4.50. The first-order chi connectivity index (χ1) is 15.2. The van der Waals surface area contributed by atoms with Crippen LogP contribution in [0.25, 0.3) is 0 Å². The molecule has 1 aromatic heterocycles. The molecule has 0 saturated carbocycles. The van der Waals surface area contributed by atoms with Crippen molar-refractivity contribution in [2.24, 2.45) is 5.92 Å². The highest BCUT2D eigenvalue weighted by Crippen LogP contribution is 2.31. The zero-order valence-electron chi connectivity index (χ0n) is 17.6. The second kappa shape index (κ2) is 9.04. The summed E-state index contributed by atoms with van der Waals surface area (Å²) in [6.45, 7) is 6.10. The number of ether oxygens (including phenoxy) is 1. The maximum atomic E-state index is 13.1. The van der Waals surface area contributed by atoms with Crippen molar-refractivity contribution in [3.63, 3.8) is 0 Å². The summed E-state index contributed by atoms with van der Waals surface area (Å²) in [5.41, 5.74) is 1.09. The molecule has 4 heterocycles. The highest BCUT2D eigenvalue weighted by molar-refractivity contribution is 6.30. The van der Waals surface area contributed by atoms with E-state index in [0.29, 0.717) is 25.1 Å². The first-order valence-electron chi connectivity index (χ1n) is 11.1. The van der Waals surface area contributed by atoms with Gasteiger partial charge in [-0.25, -0.2) is 0 Å². The van der Waals surface area contributed by atoms with E-state index in [1.807, 2.05) is 23.1 Å². The van der Waals surface area contributed by atoms with Crippen molar-refractivity contribution >= 4 is 29.1 Å². The fourth-order valence-electron chi connectivity index (χ4n) is 4.76. The molecule has 1 unspecified atom stereocenters. The average Bonchev–Trinajstić information content (AvgIpc) is 3.50. The maximum absolute atomic E-state index is 13.1. The minimum absolute atomic E-state index is 0.0480. The summed E-state index contributed by atoms with van der Waals surface area (Å²) in [6, 6.07) is 7.86. The van der Waals surface area contributed by atoms with Crippen molar-refractivity contribution in [1.29, 1.82) is 0 Å². The van der Waals surface area contributed by atoms with Crippen LogP contribution >= 0.6 is 11.6 Å². The number of carbonyl (C=O) groups excluding carboxylic acids is 1. The lowest BCUT2D eigenvalue weighted by atomic mass is 9.95. The number of piperidine rings is 1. The number of amides is 1. The van der Waals surface area contributed by atoms with Crippen molar-refractivity contribution in [2.45, 2.75) is 25.2 Å². The molecule has 1 aromatic carbocycles. The number of nitrogens with zero attached hydrogens (tertiary/aromatic N) is 5. The molecular formula is C22H28ClN5O3. The second-order valence-corrected chi connectivity index (χ2v) is 8.98. The number of anilines is 2. The Balaban J connectivity index is 1.14. The van der Waals surface area contributed by atoms with Gasteiger partial charge in [-0.05, 0) is 42.6 Å². The standard InChI is InChI=1S/C22H28ClN5O3/c23-18-2-1-3-19(14-18)28-9-6-17(15-28)21(29)26-7-4-16(5-8-26)20-24-22(25-31-20)27-10-12-30-13-11-27/h1-3,14,16-17H,4-13,15H2. The largest absolute Gasteiger partial charge is 0.378 e. The van der Waals surface area contributed by atoms with Crippen LogP contribution in [0.5, 0.6) is 0 Å². The van der Waals surface area contributed by atoms with Gasteiger partial charge in [0.15, 0.2) is 0 Å². The summed E-state index contributed by atoms with van der Waals surface area (Å²) in [5.74, 6) is 1.89. The molecule has 0 bridgehead atoms. The Kier molecular flexibility index (Phi) is 6.00. The molecule has 9 heteroatoms. The molecule has 3 aliphatic heterocycles. The van der Waals surface area contributed by atoms with Crippen molar-refractivity contribution in [1.82, 2.24) is 15.0 Å². The van der Waals surface area contributed by atoms with E-state index in [4.69, 9.17) is 20.9 Å². The van der Waals surface area contributed by atoms with Gasteiger partial charge in [-0.2, -0.15) is 4.98 Å². The Morgan fingerprint density at radius 1 is 1.03 bits per heavy atom. The minimum atomic E-state index is 0.0480. The van der Waals surface area contributed by atoms with Crippen molar-refractivity contribution < 1.29 is 14.1 Å². The quantitative estimate of drug-likeness (QED) is 0.716. The summed E-state index contributed by atoms with van der Waals surface area (Å²) in [7, 11) is 0.